The molecule has 1 aromatic heterocycles. The summed E-state index contributed by atoms with van der Waals surface area (Å²) in [5, 5.41) is 0.989. The van der Waals surface area contributed by atoms with Crippen molar-refractivity contribution in [2.45, 2.75) is 42.4 Å². The lowest BCUT2D eigenvalue weighted by molar-refractivity contribution is 0.100. The predicted molar refractivity (Wildman–Crippen MR) is 125 cm³/mol. The number of fused-ring (bicyclic) bond motifs is 1. The number of aryl methyl sites for hydroxylation is 1. The zero-order valence-electron chi connectivity index (χ0n) is 17.7. The van der Waals surface area contributed by atoms with Gasteiger partial charge in [0.1, 0.15) is 0 Å². The molecule has 0 radical (unpaired) electrons. The second-order valence-corrected chi connectivity index (χ2v) is 11.4. The van der Waals surface area contributed by atoms with Gasteiger partial charge in [0.05, 0.1) is 16.8 Å². The topological polar surface area (TPSA) is 96.3 Å². The Morgan fingerprint density at radius 3 is 2.58 bits per heavy atom. The van der Waals surface area contributed by atoms with Gasteiger partial charge in [0.2, 0.25) is 10.0 Å². The van der Waals surface area contributed by atoms with Gasteiger partial charge in [-0.25, -0.2) is 12.7 Å². The van der Waals surface area contributed by atoms with Gasteiger partial charge in [-0.3, -0.25) is 4.79 Å². The van der Waals surface area contributed by atoms with Crippen LogP contribution in [0.4, 0.5) is 0 Å². The number of aromatic amines is 1. The molecule has 0 bridgehead atoms. The van der Waals surface area contributed by atoms with E-state index in [4.69, 9.17) is 5.73 Å². The van der Waals surface area contributed by atoms with Crippen LogP contribution in [0.2, 0.25) is 0 Å². The van der Waals surface area contributed by atoms with Gasteiger partial charge in [0, 0.05) is 34.5 Å². The van der Waals surface area contributed by atoms with E-state index in [0.717, 1.165) is 39.1 Å². The Kier molecular flexibility index (Phi) is 6.14. The largest absolute Gasteiger partial charge is 0.366 e. The van der Waals surface area contributed by atoms with E-state index in [-0.39, 0.29) is 11.7 Å². The maximum Gasteiger partial charge on any atom is 0.250 e. The van der Waals surface area contributed by atoms with E-state index < -0.39 is 15.9 Å². The molecular weight excluding hydrogens is 430 g/mol. The molecule has 0 saturated carbocycles. The summed E-state index contributed by atoms with van der Waals surface area (Å²) in [5.74, 6) is -0.0994. The summed E-state index contributed by atoms with van der Waals surface area (Å²) < 4.78 is 26.0. The number of amides is 1. The van der Waals surface area contributed by atoms with Crippen molar-refractivity contribution >= 4 is 38.6 Å². The van der Waals surface area contributed by atoms with E-state index in [1.165, 1.54) is 5.56 Å². The Morgan fingerprint density at radius 1 is 1.19 bits per heavy atom. The lowest BCUT2D eigenvalue weighted by Gasteiger charge is -2.31. The average Bonchev–Trinajstić information content (AvgIpc) is 3.17. The van der Waals surface area contributed by atoms with Crippen LogP contribution in [0.25, 0.3) is 10.9 Å². The monoisotopic (exact) mass is 457 g/mol. The Morgan fingerprint density at radius 2 is 1.94 bits per heavy atom. The molecule has 0 aliphatic carbocycles. The zero-order valence-corrected chi connectivity index (χ0v) is 19.4. The maximum absolute atomic E-state index is 12.2. The number of sulfonamides is 1. The molecule has 1 saturated heterocycles. The molecule has 164 valence electrons. The Labute approximate surface area is 187 Å². The molecule has 1 amide bonds. The molecule has 1 fully saturated rings. The van der Waals surface area contributed by atoms with Crippen LogP contribution < -0.4 is 5.73 Å². The van der Waals surface area contributed by atoms with Gasteiger partial charge >= 0.3 is 0 Å². The summed E-state index contributed by atoms with van der Waals surface area (Å²) in [4.78, 5) is 17.5. The summed E-state index contributed by atoms with van der Waals surface area (Å²) in [6.07, 6.45) is 3.47. The lowest BCUT2D eigenvalue weighted by atomic mass is 9.89. The van der Waals surface area contributed by atoms with Gasteiger partial charge in [-0.15, -0.1) is 0 Å². The van der Waals surface area contributed by atoms with Crippen molar-refractivity contribution in [1.29, 1.82) is 0 Å². The highest BCUT2D eigenvalue weighted by Gasteiger charge is 2.29. The first-order valence-electron chi connectivity index (χ1n) is 10.5. The van der Waals surface area contributed by atoms with Crippen LogP contribution in [0.15, 0.2) is 52.4 Å². The molecule has 31 heavy (non-hydrogen) atoms. The summed E-state index contributed by atoms with van der Waals surface area (Å²) in [7, 11) is -3.16. The zero-order chi connectivity index (χ0) is 22.2. The SMILES string of the molecule is CCS(=O)(=O)N1CCC(c2c[nH]c3c(C(N)=O)cc(Sc4cccc(C)c4)cc23)CC1. The summed E-state index contributed by atoms with van der Waals surface area (Å²) in [6, 6.07) is 12.2. The third-order valence-electron chi connectivity index (χ3n) is 5.94. The Bertz CT molecular complexity index is 1230. The minimum Gasteiger partial charge on any atom is -0.366 e. The molecule has 6 nitrogen and oxygen atoms in total. The molecule has 1 aliphatic heterocycles. The maximum atomic E-state index is 12.2. The van der Waals surface area contributed by atoms with E-state index in [1.807, 2.05) is 24.4 Å². The minimum absolute atomic E-state index is 0.131. The first-order chi connectivity index (χ1) is 14.8. The van der Waals surface area contributed by atoms with Crippen LogP contribution in [0.3, 0.4) is 0 Å². The van der Waals surface area contributed by atoms with Crippen molar-refractivity contribution in [2.24, 2.45) is 5.73 Å². The second kappa shape index (κ2) is 8.68. The fourth-order valence-corrected chi connectivity index (χ4v) is 6.41. The van der Waals surface area contributed by atoms with Gasteiger partial charge in [0.15, 0.2) is 0 Å². The van der Waals surface area contributed by atoms with Gasteiger partial charge in [0.25, 0.3) is 5.91 Å². The number of H-pyrrole nitrogens is 1. The molecule has 1 aliphatic rings. The minimum atomic E-state index is -3.16. The number of hydrogen-bond donors (Lipinski definition) is 2. The fraction of sp³-hybridized carbons (Fsp3) is 0.348. The van der Waals surface area contributed by atoms with Crippen molar-refractivity contribution in [3.8, 4) is 0 Å². The molecular formula is C23H27N3O3S2. The van der Waals surface area contributed by atoms with E-state index in [1.54, 1.807) is 23.0 Å². The number of rotatable bonds is 6. The number of hydrogen-bond acceptors (Lipinski definition) is 4. The number of primary amides is 1. The summed E-state index contributed by atoms with van der Waals surface area (Å²) in [6.45, 7) is 4.78. The third-order valence-corrected chi connectivity index (χ3v) is 8.78. The first-order valence-corrected chi connectivity index (χ1v) is 12.9. The average molecular weight is 458 g/mol. The van der Waals surface area contributed by atoms with E-state index in [2.05, 4.69) is 30.1 Å². The molecule has 8 heteroatoms. The normalized spacial score (nSPS) is 16.1. The van der Waals surface area contributed by atoms with Crippen LogP contribution in [0.5, 0.6) is 0 Å². The van der Waals surface area contributed by atoms with Crippen LogP contribution in [-0.2, 0) is 10.0 Å². The highest BCUT2D eigenvalue weighted by Crippen LogP contribution is 2.38. The second-order valence-electron chi connectivity index (χ2n) is 7.99. The number of piperidine rings is 1. The van der Waals surface area contributed by atoms with Gasteiger partial charge in [-0.1, -0.05) is 29.5 Å². The molecule has 2 heterocycles. The molecule has 0 atom stereocenters. The molecule has 0 spiro atoms. The number of carbonyl (C=O) groups excluding carboxylic acids is 1. The molecule has 4 rings (SSSR count). The van der Waals surface area contributed by atoms with Crippen molar-refractivity contribution in [3.63, 3.8) is 0 Å². The summed E-state index contributed by atoms with van der Waals surface area (Å²) in [5.41, 5.74) is 9.22. The highest BCUT2D eigenvalue weighted by molar-refractivity contribution is 7.99. The lowest BCUT2D eigenvalue weighted by Crippen LogP contribution is -2.38. The Hall–Kier alpha value is -2.29. The molecule has 2 aromatic carbocycles. The quantitative estimate of drug-likeness (QED) is 0.578. The van der Waals surface area contributed by atoms with Gasteiger partial charge in [-0.05, 0) is 62.4 Å². The van der Waals surface area contributed by atoms with E-state index >= 15 is 0 Å². The van der Waals surface area contributed by atoms with Crippen molar-refractivity contribution in [2.75, 3.05) is 18.8 Å². The number of carbonyl (C=O) groups is 1. The Balaban J connectivity index is 1.68. The van der Waals surface area contributed by atoms with Crippen LogP contribution in [0, 0.1) is 6.92 Å². The number of aromatic nitrogens is 1. The predicted octanol–water partition coefficient (Wildman–Crippen LogP) is 4.26. The van der Waals surface area contributed by atoms with Crippen LogP contribution >= 0.6 is 11.8 Å². The fourth-order valence-electron chi connectivity index (χ4n) is 4.26. The van der Waals surface area contributed by atoms with Crippen LogP contribution in [0.1, 0.15) is 47.2 Å². The number of nitrogens with one attached hydrogen (secondary N) is 1. The number of nitrogens with zero attached hydrogens (tertiary/aromatic N) is 1. The summed E-state index contributed by atoms with van der Waals surface area (Å²) >= 11 is 1.60. The van der Waals surface area contributed by atoms with Gasteiger partial charge < -0.3 is 10.7 Å². The third kappa shape index (κ3) is 4.51. The number of benzene rings is 2. The molecule has 0 unspecified atom stereocenters. The van der Waals surface area contributed by atoms with Gasteiger partial charge in [-0.2, -0.15) is 0 Å². The van der Waals surface area contributed by atoms with Crippen molar-refractivity contribution < 1.29 is 13.2 Å². The van der Waals surface area contributed by atoms with Crippen molar-refractivity contribution in [1.82, 2.24) is 9.29 Å². The smallest absolute Gasteiger partial charge is 0.250 e. The van der Waals surface area contributed by atoms with E-state index in [0.29, 0.717) is 18.7 Å². The van der Waals surface area contributed by atoms with E-state index in [9.17, 15) is 13.2 Å². The standard InChI is InChI=1S/C23H27N3O3S2/c1-3-31(28,29)26-9-7-16(8-10-26)21-14-25-22-19(21)12-18(13-20(22)23(24)27)30-17-6-4-5-15(2)11-17/h4-6,11-14,16,25H,3,7-10H2,1-2H3,(H2,24,27). The van der Waals surface area contributed by atoms with Crippen molar-refractivity contribution in [3.05, 3.63) is 59.3 Å². The molecule has 3 aromatic rings. The highest BCUT2D eigenvalue weighted by atomic mass is 32.2. The van der Waals surface area contributed by atoms with Crippen LogP contribution in [-0.4, -0.2) is 42.5 Å². The number of nitrogens with two attached hydrogens (primary N) is 1. The molecule has 3 N–H and O–H groups in total. The first kappa shape index (κ1) is 21.9.